The van der Waals surface area contributed by atoms with Crippen LogP contribution in [0.2, 0.25) is 5.15 Å². The molecule has 3 aromatic rings. The number of pyridine rings is 2. The summed E-state index contributed by atoms with van der Waals surface area (Å²) in [6.45, 7) is 0. The van der Waals surface area contributed by atoms with Crippen molar-refractivity contribution >= 4 is 39.8 Å². The molecule has 6 heteroatoms. The number of carboxylic acids is 1. The number of carbonyl (C=O) groups is 1. The zero-order valence-corrected chi connectivity index (χ0v) is 11.5. The first-order valence-corrected chi connectivity index (χ1v) is 6.52. The molecule has 0 spiro atoms. The molecular weight excluding hydrogens is 290 g/mol. The number of nitrogens with zero attached hydrogens (tertiary/aromatic N) is 2. The third-order valence-corrected chi connectivity index (χ3v) is 3.18. The second-order valence-corrected chi connectivity index (χ2v) is 4.78. The van der Waals surface area contributed by atoms with E-state index in [-0.39, 0.29) is 10.7 Å². The first-order valence-electron chi connectivity index (χ1n) is 6.14. The largest absolute Gasteiger partial charge is 0.478 e. The second kappa shape index (κ2) is 5.38. The third kappa shape index (κ3) is 2.78. The molecule has 0 amide bonds. The van der Waals surface area contributed by atoms with Crippen LogP contribution in [0.1, 0.15) is 10.4 Å². The van der Waals surface area contributed by atoms with Crippen molar-refractivity contribution in [1.29, 1.82) is 0 Å². The van der Waals surface area contributed by atoms with Crippen LogP contribution in [0.3, 0.4) is 0 Å². The summed E-state index contributed by atoms with van der Waals surface area (Å²) in [6, 6.07) is 10.4. The molecule has 2 N–H and O–H groups in total. The molecule has 5 nitrogen and oxygen atoms in total. The van der Waals surface area contributed by atoms with Crippen LogP contribution >= 0.6 is 11.6 Å². The monoisotopic (exact) mass is 299 g/mol. The molecule has 104 valence electrons. The number of aromatic nitrogens is 2. The van der Waals surface area contributed by atoms with Crippen molar-refractivity contribution in [1.82, 2.24) is 9.97 Å². The highest BCUT2D eigenvalue weighted by atomic mass is 35.5. The van der Waals surface area contributed by atoms with Crippen molar-refractivity contribution in [3.8, 4) is 0 Å². The Morgan fingerprint density at radius 1 is 1.24 bits per heavy atom. The van der Waals surface area contributed by atoms with Crippen LogP contribution in [0.5, 0.6) is 0 Å². The maximum absolute atomic E-state index is 11.0. The number of rotatable bonds is 3. The molecule has 0 radical (unpaired) electrons. The fourth-order valence-electron chi connectivity index (χ4n) is 2.04. The fraction of sp³-hybridized carbons (Fsp3) is 0. The van der Waals surface area contributed by atoms with Gasteiger partial charge in [-0.15, -0.1) is 0 Å². The third-order valence-electron chi connectivity index (χ3n) is 2.99. The molecule has 2 heterocycles. The topological polar surface area (TPSA) is 75.1 Å². The zero-order valence-electron chi connectivity index (χ0n) is 10.7. The van der Waals surface area contributed by atoms with Gasteiger partial charge < -0.3 is 10.4 Å². The maximum atomic E-state index is 11.0. The standard InChI is InChI=1S/C15H10ClN3O2/c16-13-6-10(15(20)21)7-14(19-13)18-12-3-1-2-9-4-5-17-8-11(9)12/h1-8H,(H,18,19)(H,20,21). The summed E-state index contributed by atoms with van der Waals surface area (Å²) in [7, 11) is 0. The lowest BCUT2D eigenvalue weighted by molar-refractivity contribution is 0.0697. The van der Waals surface area contributed by atoms with E-state index in [1.54, 1.807) is 12.4 Å². The Morgan fingerprint density at radius 2 is 2.10 bits per heavy atom. The molecule has 0 aliphatic carbocycles. The van der Waals surface area contributed by atoms with Gasteiger partial charge >= 0.3 is 5.97 Å². The molecule has 0 aliphatic heterocycles. The number of anilines is 2. The number of halogens is 1. The van der Waals surface area contributed by atoms with E-state index >= 15 is 0 Å². The summed E-state index contributed by atoms with van der Waals surface area (Å²) in [6.07, 6.45) is 3.45. The van der Waals surface area contributed by atoms with Crippen molar-refractivity contribution < 1.29 is 9.90 Å². The second-order valence-electron chi connectivity index (χ2n) is 4.40. The Morgan fingerprint density at radius 3 is 2.90 bits per heavy atom. The van der Waals surface area contributed by atoms with Crippen LogP contribution in [-0.2, 0) is 0 Å². The van der Waals surface area contributed by atoms with Gasteiger partial charge in [-0.05, 0) is 29.7 Å². The first kappa shape index (κ1) is 13.3. The number of aromatic carboxylic acids is 1. The van der Waals surface area contributed by atoms with Crippen molar-refractivity contribution in [2.45, 2.75) is 0 Å². The number of nitrogens with one attached hydrogen (secondary N) is 1. The maximum Gasteiger partial charge on any atom is 0.335 e. The van der Waals surface area contributed by atoms with Gasteiger partial charge in [0.25, 0.3) is 0 Å². The summed E-state index contributed by atoms with van der Waals surface area (Å²) >= 11 is 5.85. The summed E-state index contributed by atoms with van der Waals surface area (Å²) in [5, 5.41) is 14.2. The van der Waals surface area contributed by atoms with Crippen LogP contribution in [0, 0.1) is 0 Å². The number of benzene rings is 1. The minimum absolute atomic E-state index is 0.0795. The van der Waals surface area contributed by atoms with Gasteiger partial charge in [-0.3, -0.25) is 4.98 Å². The Labute approximate surface area is 125 Å². The molecule has 0 unspecified atom stereocenters. The van der Waals surface area contributed by atoms with E-state index in [1.807, 2.05) is 24.3 Å². The summed E-state index contributed by atoms with van der Waals surface area (Å²) in [4.78, 5) is 19.2. The normalized spacial score (nSPS) is 10.5. The lowest BCUT2D eigenvalue weighted by Gasteiger charge is -2.09. The van der Waals surface area contributed by atoms with E-state index in [0.717, 1.165) is 16.5 Å². The minimum Gasteiger partial charge on any atom is -0.478 e. The molecule has 0 fully saturated rings. The molecule has 21 heavy (non-hydrogen) atoms. The molecule has 2 aromatic heterocycles. The molecule has 3 rings (SSSR count). The Balaban J connectivity index is 2.05. The first-order chi connectivity index (χ1) is 10.1. The van der Waals surface area contributed by atoms with Crippen LogP contribution in [0.4, 0.5) is 11.5 Å². The number of fused-ring (bicyclic) bond motifs is 1. The van der Waals surface area contributed by atoms with Crippen molar-refractivity contribution in [3.63, 3.8) is 0 Å². The molecule has 0 aliphatic rings. The molecule has 0 saturated carbocycles. The van der Waals surface area contributed by atoms with Crippen molar-refractivity contribution in [2.75, 3.05) is 5.32 Å². The molecular formula is C15H10ClN3O2. The quantitative estimate of drug-likeness (QED) is 0.721. The highest BCUT2D eigenvalue weighted by Crippen LogP contribution is 2.26. The van der Waals surface area contributed by atoms with Gasteiger partial charge in [0.15, 0.2) is 0 Å². The van der Waals surface area contributed by atoms with Gasteiger partial charge in [-0.25, -0.2) is 9.78 Å². The van der Waals surface area contributed by atoms with E-state index in [1.165, 1.54) is 12.1 Å². The zero-order chi connectivity index (χ0) is 14.8. The van der Waals surface area contributed by atoms with E-state index < -0.39 is 5.97 Å². The van der Waals surface area contributed by atoms with Crippen molar-refractivity contribution in [3.05, 3.63) is 59.5 Å². The van der Waals surface area contributed by atoms with Gasteiger partial charge in [0.05, 0.1) is 5.56 Å². The Bertz CT molecular complexity index is 831. The number of hydrogen-bond acceptors (Lipinski definition) is 4. The Hall–Kier alpha value is -2.66. The summed E-state index contributed by atoms with van der Waals surface area (Å²) in [5.41, 5.74) is 0.863. The van der Waals surface area contributed by atoms with Gasteiger partial charge in [0.1, 0.15) is 11.0 Å². The average Bonchev–Trinajstić information content (AvgIpc) is 2.47. The van der Waals surface area contributed by atoms with E-state index in [0.29, 0.717) is 5.82 Å². The fourth-order valence-corrected chi connectivity index (χ4v) is 2.25. The van der Waals surface area contributed by atoms with Gasteiger partial charge in [0, 0.05) is 23.5 Å². The van der Waals surface area contributed by atoms with E-state index in [9.17, 15) is 4.79 Å². The van der Waals surface area contributed by atoms with Crippen LogP contribution in [0.25, 0.3) is 10.8 Å². The van der Waals surface area contributed by atoms with Gasteiger partial charge in [-0.1, -0.05) is 23.7 Å². The smallest absolute Gasteiger partial charge is 0.335 e. The highest BCUT2D eigenvalue weighted by Gasteiger charge is 2.09. The lowest BCUT2D eigenvalue weighted by Crippen LogP contribution is -2.01. The molecule has 0 saturated heterocycles. The summed E-state index contributed by atoms with van der Waals surface area (Å²) < 4.78 is 0. The Kier molecular flexibility index (Phi) is 3.41. The van der Waals surface area contributed by atoms with Crippen LogP contribution in [-0.4, -0.2) is 21.0 Å². The average molecular weight is 300 g/mol. The molecule has 0 bridgehead atoms. The SMILES string of the molecule is O=C(O)c1cc(Cl)nc(Nc2cccc3ccncc23)c1. The predicted octanol–water partition coefficient (Wildman–Crippen LogP) is 3.73. The number of hydrogen-bond donors (Lipinski definition) is 2. The van der Waals surface area contributed by atoms with Crippen LogP contribution in [0.15, 0.2) is 48.8 Å². The van der Waals surface area contributed by atoms with Gasteiger partial charge in [-0.2, -0.15) is 0 Å². The summed E-state index contributed by atoms with van der Waals surface area (Å²) in [5.74, 6) is -0.682. The lowest BCUT2D eigenvalue weighted by atomic mass is 10.1. The van der Waals surface area contributed by atoms with Crippen LogP contribution < -0.4 is 5.32 Å². The molecule has 0 atom stereocenters. The van der Waals surface area contributed by atoms with E-state index in [2.05, 4.69) is 15.3 Å². The van der Waals surface area contributed by atoms with E-state index in [4.69, 9.17) is 16.7 Å². The minimum atomic E-state index is -1.05. The van der Waals surface area contributed by atoms with Crippen molar-refractivity contribution in [2.24, 2.45) is 0 Å². The predicted molar refractivity (Wildman–Crippen MR) is 81.2 cm³/mol. The highest BCUT2D eigenvalue weighted by molar-refractivity contribution is 6.29. The number of carboxylic acid groups (broad SMARTS) is 1. The van der Waals surface area contributed by atoms with Gasteiger partial charge in [0.2, 0.25) is 0 Å². The molecule has 1 aromatic carbocycles.